The zero-order valence-corrected chi connectivity index (χ0v) is 20.7. The van der Waals surface area contributed by atoms with Gasteiger partial charge in [-0.05, 0) is 26.0 Å². The van der Waals surface area contributed by atoms with Crippen molar-refractivity contribution in [1.82, 2.24) is 19.8 Å². The number of hydrogen-bond donors (Lipinski definition) is 1. The van der Waals surface area contributed by atoms with E-state index in [1.807, 2.05) is 17.0 Å². The Morgan fingerprint density at radius 1 is 1.00 bits per heavy atom. The average Bonchev–Trinajstić information content (AvgIpc) is 2.87. The molecular formula is C24H36N6O4. The van der Waals surface area contributed by atoms with Crippen LogP contribution in [0.5, 0.6) is 11.5 Å². The molecule has 2 fully saturated rings. The third-order valence-electron chi connectivity index (χ3n) is 6.68. The minimum Gasteiger partial charge on any atom is -0.493 e. The average molecular weight is 473 g/mol. The number of benzene rings is 1. The van der Waals surface area contributed by atoms with Gasteiger partial charge in [-0.25, -0.2) is 4.98 Å². The van der Waals surface area contributed by atoms with Crippen molar-refractivity contribution >= 4 is 28.6 Å². The predicted octanol–water partition coefficient (Wildman–Crippen LogP) is 1.84. The number of aromatic nitrogens is 2. The molecule has 34 heavy (non-hydrogen) atoms. The van der Waals surface area contributed by atoms with Gasteiger partial charge in [-0.15, -0.1) is 0 Å². The van der Waals surface area contributed by atoms with Crippen LogP contribution in [0.4, 0.5) is 11.8 Å². The van der Waals surface area contributed by atoms with Crippen molar-refractivity contribution in [1.29, 1.82) is 0 Å². The lowest BCUT2D eigenvalue weighted by molar-refractivity contribution is -0.133. The summed E-state index contributed by atoms with van der Waals surface area (Å²) >= 11 is 0. The fraction of sp³-hybridized carbons (Fsp3) is 0.625. The highest BCUT2D eigenvalue weighted by atomic mass is 16.5. The van der Waals surface area contributed by atoms with E-state index in [1.54, 1.807) is 21.3 Å². The number of likely N-dealkylation sites (tertiary alicyclic amines) is 1. The van der Waals surface area contributed by atoms with Crippen LogP contribution < -0.4 is 19.7 Å². The minimum absolute atomic E-state index is 0.155. The van der Waals surface area contributed by atoms with Crippen molar-refractivity contribution in [3.63, 3.8) is 0 Å². The topological polar surface area (TPSA) is 92.3 Å². The molecule has 1 aromatic heterocycles. The summed E-state index contributed by atoms with van der Waals surface area (Å²) < 4.78 is 16.1. The molecule has 10 heteroatoms. The van der Waals surface area contributed by atoms with Gasteiger partial charge in [-0.1, -0.05) is 0 Å². The highest BCUT2D eigenvalue weighted by molar-refractivity contribution is 5.93. The predicted molar refractivity (Wildman–Crippen MR) is 132 cm³/mol. The van der Waals surface area contributed by atoms with Gasteiger partial charge in [0, 0.05) is 63.9 Å². The van der Waals surface area contributed by atoms with Crippen LogP contribution in [-0.4, -0.2) is 106 Å². The number of amides is 1. The molecular weight excluding hydrogens is 436 g/mol. The quantitative estimate of drug-likeness (QED) is 0.618. The van der Waals surface area contributed by atoms with Gasteiger partial charge in [0.25, 0.3) is 0 Å². The summed E-state index contributed by atoms with van der Waals surface area (Å²) in [6.07, 6.45) is 2.16. The number of carbonyl (C=O) groups excluding carboxylic acids is 1. The second-order valence-corrected chi connectivity index (χ2v) is 8.93. The summed E-state index contributed by atoms with van der Waals surface area (Å²) in [5.41, 5.74) is 0.816. The number of ether oxygens (including phenoxy) is 3. The number of likely N-dealkylation sites (N-methyl/N-ethyl adjacent to an activating group) is 1. The molecule has 2 saturated heterocycles. The Balaban J connectivity index is 1.58. The highest BCUT2D eigenvalue weighted by Crippen LogP contribution is 2.35. The number of piperazine rings is 1. The molecule has 186 valence electrons. The lowest BCUT2D eigenvalue weighted by Crippen LogP contribution is -2.45. The maximum absolute atomic E-state index is 12.3. The lowest BCUT2D eigenvalue weighted by Gasteiger charge is -2.34. The van der Waals surface area contributed by atoms with Crippen LogP contribution in [0.15, 0.2) is 12.1 Å². The van der Waals surface area contributed by atoms with Gasteiger partial charge >= 0.3 is 0 Å². The van der Waals surface area contributed by atoms with E-state index in [0.717, 1.165) is 74.8 Å². The van der Waals surface area contributed by atoms with E-state index >= 15 is 0 Å². The van der Waals surface area contributed by atoms with E-state index in [-0.39, 0.29) is 11.9 Å². The summed E-state index contributed by atoms with van der Waals surface area (Å²) in [6.45, 7) is 5.65. The smallest absolute Gasteiger partial charge is 0.227 e. The number of anilines is 2. The Bertz CT molecular complexity index is 987. The van der Waals surface area contributed by atoms with Crippen LogP contribution in [0.2, 0.25) is 0 Å². The number of hydrogen-bond acceptors (Lipinski definition) is 9. The molecule has 3 heterocycles. The van der Waals surface area contributed by atoms with Gasteiger partial charge in [0.2, 0.25) is 11.9 Å². The monoisotopic (exact) mass is 472 g/mol. The fourth-order valence-corrected chi connectivity index (χ4v) is 4.52. The third-order valence-corrected chi connectivity index (χ3v) is 6.68. The number of nitrogens with one attached hydrogen (secondary N) is 1. The molecule has 2 aliphatic heterocycles. The molecule has 2 aromatic rings. The number of piperidine rings is 1. The number of methoxy groups -OCH3 is 3. The van der Waals surface area contributed by atoms with E-state index in [4.69, 9.17) is 24.2 Å². The normalized spacial score (nSPS) is 17.8. The highest BCUT2D eigenvalue weighted by Gasteiger charge is 2.25. The summed E-state index contributed by atoms with van der Waals surface area (Å²) in [7, 11) is 7.02. The fourth-order valence-electron chi connectivity index (χ4n) is 4.52. The molecule has 2 aliphatic rings. The van der Waals surface area contributed by atoms with E-state index in [0.29, 0.717) is 24.5 Å². The zero-order chi connectivity index (χ0) is 24.1. The molecule has 1 amide bonds. The van der Waals surface area contributed by atoms with Gasteiger partial charge in [0.15, 0.2) is 11.5 Å². The minimum atomic E-state index is 0.155. The molecule has 0 unspecified atom stereocenters. The number of fused-ring (bicyclic) bond motifs is 1. The molecule has 1 aromatic carbocycles. The summed E-state index contributed by atoms with van der Waals surface area (Å²) in [5.74, 6) is 2.97. The summed E-state index contributed by atoms with van der Waals surface area (Å²) in [5, 5.41) is 4.55. The zero-order valence-electron chi connectivity index (χ0n) is 20.7. The Kier molecular flexibility index (Phi) is 7.89. The lowest BCUT2D eigenvalue weighted by atomic mass is 10.0. The van der Waals surface area contributed by atoms with Gasteiger partial charge in [0.05, 0.1) is 32.8 Å². The van der Waals surface area contributed by atoms with Crippen molar-refractivity contribution in [3.05, 3.63) is 12.1 Å². The maximum Gasteiger partial charge on any atom is 0.227 e. The first-order valence-corrected chi connectivity index (χ1v) is 11.9. The summed E-state index contributed by atoms with van der Waals surface area (Å²) in [4.78, 5) is 28.7. The van der Waals surface area contributed by atoms with Crippen molar-refractivity contribution in [2.24, 2.45) is 0 Å². The third kappa shape index (κ3) is 5.44. The number of nitrogens with zero attached hydrogens (tertiary/aromatic N) is 5. The SMILES string of the molecule is COCCC(=O)N1CCC(Nc2nc(N3CCN(C)CC3)nc3cc(OC)c(OC)cc23)CC1. The molecule has 1 N–H and O–H groups in total. The molecule has 0 radical (unpaired) electrons. The van der Waals surface area contributed by atoms with Gasteiger partial charge < -0.3 is 34.2 Å². The van der Waals surface area contributed by atoms with E-state index < -0.39 is 0 Å². The maximum atomic E-state index is 12.3. The Morgan fingerprint density at radius 3 is 2.32 bits per heavy atom. The standard InChI is InChI=1S/C24H36N6O4/c1-28-10-12-30(13-11-28)24-26-19-16-21(34-4)20(33-3)15-18(19)23(27-24)25-17-5-8-29(9-6-17)22(31)7-14-32-2/h15-17H,5-14H2,1-4H3,(H,25,26,27). The van der Waals surface area contributed by atoms with E-state index in [2.05, 4.69) is 22.2 Å². The van der Waals surface area contributed by atoms with Crippen molar-refractivity contribution in [3.8, 4) is 11.5 Å². The Hall–Kier alpha value is -2.85. The molecule has 0 spiro atoms. The van der Waals surface area contributed by atoms with Crippen molar-refractivity contribution in [2.45, 2.75) is 25.3 Å². The molecule has 0 bridgehead atoms. The van der Waals surface area contributed by atoms with Crippen LogP contribution in [0, 0.1) is 0 Å². The van der Waals surface area contributed by atoms with Gasteiger partial charge in [-0.3, -0.25) is 4.79 Å². The summed E-state index contributed by atoms with van der Waals surface area (Å²) in [6, 6.07) is 4.07. The first-order chi connectivity index (χ1) is 16.5. The van der Waals surface area contributed by atoms with Crippen LogP contribution in [0.25, 0.3) is 10.9 Å². The number of rotatable bonds is 8. The number of carbonyl (C=O) groups is 1. The van der Waals surface area contributed by atoms with Crippen LogP contribution >= 0.6 is 0 Å². The first kappa shape index (κ1) is 24.3. The van der Waals surface area contributed by atoms with Crippen LogP contribution in [-0.2, 0) is 9.53 Å². The van der Waals surface area contributed by atoms with E-state index in [1.165, 1.54) is 0 Å². The Morgan fingerprint density at radius 2 is 1.68 bits per heavy atom. The van der Waals surface area contributed by atoms with Crippen molar-refractivity contribution in [2.75, 3.05) is 84.5 Å². The van der Waals surface area contributed by atoms with E-state index in [9.17, 15) is 4.79 Å². The van der Waals surface area contributed by atoms with Crippen molar-refractivity contribution < 1.29 is 19.0 Å². The molecule has 4 rings (SSSR count). The first-order valence-electron chi connectivity index (χ1n) is 11.9. The van der Waals surface area contributed by atoms with Crippen LogP contribution in [0.3, 0.4) is 0 Å². The largest absolute Gasteiger partial charge is 0.493 e. The van der Waals surface area contributed by atoms with Crippen LogP contribution in [0.1, 0.15) is 19.3 Å². The second-order valence-electron chi connectivity index (χ2n) is 8.93. The van der Waals surface area contributed by atoms with Gasteiger partial charge in [0.1, 0.15) is 5.82 Å². The van der Waals surface area contributed by atoms with Gasteiger partial charge in [-0.2, -0.15) is 4.98 Å². The molecule has 0 aliphatic carbocycles. The Labute approximate surface area is 201 Å². The molecule has 0 saturated carbocycles. The molecule has 10 nitrogen and oxygen atoms in total. The molecule has 0 atom stereocenters. The second kappa shape index (κ2) is 11.1.